The molecule has 0 bridgehead atoms. The van der Waals surface area contributed by atoms with Crippen LogP contribution >= 0.6 is 0 Å². The Morgan fingerprint density at radius 3 is 2.56 bits per heavy atom. The van der Waals surface area contributed by atoms with E-state index in [1.807, 2.05) is 13.8 Å². The smallest absolute Gasteiger partial charge is 0.241 e. The molecule has 0 aromatic carbocycles. The van der Waals surface area contributed by atoms with Gasteiger partial charge in [0.25, 0.3) is 0 Å². The highest BCUT2D eigenvalue weighted by Crippen LogP contribution is 2.02. The first-order chi connectivity index (χ1) is 7.52. The highest BCUT2D eigenvalue weighted by atomic mass is 16.2. The zero-order chi connectivity index (χ0) is 12.1. The molecule has 0 aromatic heterocycles. The van der Waals surface area contributed by atoms with Gasteiger partial charge < -0.3 is 21.3 Å². The molecule has 0 radical (unpaired) electrons. The summed E-state index contributed by atoms with van der Waals surface area (Å²) in [6.07, 6.45) is 0. The molecule has 1 rings (SSSR count). The molecule has 1 heterocycles. The normalized spacial score (nSPS) is 20.8. The molecule has 2 amide bonds. The van der Waals surface area contributed by atoms with E-state index in [0.29, 0.717) is 6.54 Å². The minimum atomic E-state index is -0.481. The van der Waals surface area contributed by atoms with Crippen LogP contribution in [0.1, 0.15) is 13.8 Å². The summed E-state index contributed by atoms with van der Waals surface area (Å²) in [4.78, 5) is 24.5. The van der Waals surface area contributed by atoms with E-state index in [4.69, 9.17) is 5.73 Å². The van der Waals surface area contributed by atoms with Crippen molar-refractivity contribution in [2.75, 3.05) is 26.2 Å². The van der Waals surface area contributed by atoms with Crippen molar-refractivity contribution < 1.29 is 9.59 Å². The lowest BCUT2D eigenvalue weighted by atomic mass is 10.1. The third-order valence-electron chi connectivity index (χ3n) is 2.57. The molecule has 1 aliphatic rings. The van der Waals surface area contributed by atoms with Gasteiger partial charge in [-0.25, -0.2) is 0 Å². The molecule has 0 aromatic rings. The molecule has 1 unspecified atom stereocenters. The van der Waals surface area contributed by atoms with E-state index in [9.17, 15) is 9.59 Å². The summed E-state index contributed by atoms with van der Waals surface area (Å²) in [6.45, 7) is 5.95. The Labute approximate surface area is 95.5 Å². The van der Waals surface area contributed by atoms with Crippen LogP contribution in [0.4, 0.5) is 0 Å². The third-order valence-corrected chi connectivity index (χ3v) is 2.57. The predicted molar refractivity (Wildman–Crippen MR) is 60.7 cm³/mol. The van der Waals surface area contributed by atoms with Crippen molar-refractivity contribution in [3.05, 3.63) is 0 Å². The summed E-state index contributed by atoms with van der Waals surface area (Å²) >= 11 is 0. The molecule has 16 heavy (non-hydrogen) atoms. The van der Waals surface area contributed by atoms with E-state index in [1.54, 1.807) is 0 Å². The van der Waals surface area contributed by atoms with E-state index in [1.165, 1.54) is 4.90 Å². The van der Waals surface area contributed by atoms with E-state index in [-0.39, 0.29) is 24.5 Å². The topological polar surface area (TPSA) is 87.5 Å². The molecular formula is C10H20N4O2. The van der Waals surface area contributed by atoms with Crippen LogP contribution in [0.2, 0.25) is 0 Å². The Bertz CT molecular complexity index is 262. The van der Waals surface area contributed by atoms with Gasteiger partial charge in [-0.2, -0.15) is 0 Å². The van der Waals surface area contributed by atoms with Gasteiger partial charge in [0.15, 0.2) is 0 Å². The molecule has 1 saturated heterocycles. The molecule has 1 fully saturated rings. The largest absolute Gasteiger partial charge is 0.368 e. The SMILES string of the molecule is CC(C)N(CC(N)=O)C(=O)C1CNCCN1. The van der Waals surface area contributed by atoms with E-state index in [0.717, 1.165) is 13.1 Å². The van der Waals surface area contributed by atoms with Gasteiger partial charge in [0.05, 0.1) is 12.6 Å². The molecule has 1 aliphatic heterocycles. The Hall–Kier alpha value is -1.14. The van der Waals surface area contributed by atoms with Crippen molar-refractivity contribution in [2.24, 2.45) is 5.73 Å². The number of nitrogens with zero attached hydrogens (tertiary/aromatic N) is 1. The Morgan fingerprint density at radius 2 is 2.12 bits per heavy atom. The van der Waals surface area contributed by atoms with Crippen molar-refractivity contribution in [3.63, 3.8) is 0 Å². The molecule has 0 aliphatic carbocycles. The predicted octanol–water partition coefficient (Wildman–Crippen LogP) is -1.73. The Kier molecular flexibility index (Phi) is 4.70. The summed E-state index contributed by atoms with van der Waals surface area (Å²) < 4.78 is 0. The summed E-state index contributed by atoms with van der Waals surface area (Å²) in [5, 5.41) is 6.26. The fourth-order valence-corrected chi connectivity index (χ4v) is 1.71. The quantitative estimate of drug-likeness (QED) is 0.533. The standard InChI is InChI=1S/C10H20N4O2/c1-7(2)14(6-9(11)15)10(16)8-5-12-3-4-13-8/h7-8,12-13H,3-6H2,1-2H3,(H2,11,15). The van der Waals surface area contributed by atoms with Crippen molar-refractivity contribution in [1.82, 2.24) is 15.5 Å². The second kappa shape index (κ2) is 5.81. The maximum absolute atomic E-state index is 12.1. The van der Waals surface area contributed by atoms with Gasteiger partial charge in [-0.15, -0.1) is 0 Å². The molecule has 92 valence electrons. The zero-order valence-electron chi connectivity index (χ0n) is 9.82. The van der Waals surface area contributed by atoms with Crippen LogP contribution in [0.25, 0.3) is 0 Å². The van der Waals surface area contributed by atoms with Gasteiger partial charge in [-0.05, 0) is 13.8 Å². The fraction of sp³-hybridized carbons (Fsp3) is 0.800. The van der Waals surface area contributed by atoms with E-state index in [2.05, 4.69) is 10.6 Å². The van der Waals surface area contributed by atoms with Crippen molar-refractivity contribution in [1.29, 1.82) is 0 Å². The maximum Gasteiger partial charge on any atom is 0.241 e. The zero-order valence-corrected chi connectivity index (χ0v) is 9.82. The molecule has 6 heteroatoms. The lowest BCUT2D eigenvalue weighted by Gasteiger charge is -2.32. The first kappa shape index (κ1) is 12.9. The molecule has 6 nitrogen and oxygen atoms in total. The van der Waals surface area contributed by atoms with E-state index < -0.39 is 5.91 Å². The van der Waals surface area contributed by atoms with Crippen molar-refractivity contribution in [2.45, 2.75) is 25.9 Å². The second-order valence-corrected chi connectivity index (χ2v) is 4.24. The summed E-state index contributed by atoms with van der Waals surface area (Å²) in [5.41, 5.74) is 5.13. The van der Waals surface area contributed by atoms with Crippen LogP contribution in [0.3, 0.4) is 0 Å². The highest BCUT2D eigenvalue weighted by molar-refractivity contribution is 5.87. The van der Waals surface area contributed by atoms with Gasteiger partial charge >= 0.3 is 0 Å². The van der Waals surface area contributed by atoms with Gasteiger partial charge in [0.1, 0.15) is 0 Å². The van der Waals surface area contributed by atoms with Crippen molar-refractivity contribution >= 4 is 11.8 Å². The molecule has 1 atom stereocenters. The van der Waals surface area contributed by atoms with E-state index >= 15 is 0 Å². The average molecular weight is 228 g/mol. The number of nitrogens with one attached hydrogen (secondary N) is 2. The number of carbonyl (C=O) groups excluding carboxylic acids is 2. The van der Waals surface area contributed by atoms with Crippen LogP contribution in [-0.4, -0.2) is 55.0 Å². The minimum absolute atomic E-state index is 0.0192. The van der Waals surface area contributed by atoms with Gasteiger partial charge in [-0.1, -0.05) is 0 Å². The van der Waals surface area contributed by atoms with Crippen molar-refractivity contribution in [3.8, 4) is 0 Å². The summed E-state index contributed by atoms with van der Waals surface area (Å²) in [7, 11) is 0. The van der Waals surface area contributed by atoms with Gasteiger partial charge in [0, 0.05) is 25.7 Å². The van der Waals surface area contributed by atoms with Gasteiger partial charge in [-0.3, -0.25) is 9.59 Å². The minimum Gasteiger partial charge on any atom is -0.368 e. The van der Waals surface area contributed by atoms with Crippen LogP contribution in [0, 0.1) is 0 Å². The number of hydrogen-bond acceptors (Lipinski definition) is 4. The number of rotatable bonds is 4. The number of carbonyl (C=O) groups is 2. The Morgan fingerprint density at radius 1 is 1.44 bits per heavy atom. The maximum atomic E-state index is 12.1. The monoisotopic (exact) mass is 228 g/mol. The molecule has 0 spiro atoms. The first-order valence-corrected chi connectivity index (χ1v) is 5.55. The molecular weight excluding hydrogens is 208 g/mol. The first-order valence-electron chi connectivity index (χ1n) is 5.55. The van der Waals surface area contributed by atoms with Crippen LogP contribution in [-0.2, 0) is 9.59 Å². The number of nitrogens with two attached hydrogens (primary N) is 1. The van der Waals surface area contributed by atoms with Crippen LogP contribution in [0.15, 0.2) is 0 Å². The van der Waals surface area contributed by atoms with Gasteiger partial charge in [0.2, 0.25) is 11.8 Å². The lowest BCUT2D eigenvalue weighted by Crippen LogP contribution is -2.58. The lowest BCUT2D eigenvalue weighted by molar-refractivity contribution is -0.138. The molecule has 0 saturated carbocycles. The third kappa shape index (κ3) is 3.46. The van der Waals surface area contributed by atoms with Crippen LogP contribution in [0.5, 0.6) is 0 Å². The number of hydrogen-bond donors (Lipinski definition) is 3. The average Bonchev–Trinajstić information content (AvgIpc) is 2.25. The highest BCUT2D eigenvalue weighted by Gasteiger charge is 2.27. The van der Waals surface area contributed by atoms with Crippen LogP contribution < -0.4 is 16.4 Å². The second-order valence-electron chi connectivity index (χ2n) is 4.24. The number of primary amides is 1. The summed E-state index contributed by atoms with van der Waals surface area (Å²) in [5.74, 6) is -0.549. The number of piperazine rings is 1. The fourth-order valence-electron chi connectivity index (χ4n) is 1.71. The number of amides is 2. The Balaban J connectivity index is 2.61. The summed E-state index contributed by atoms with van der Waals surface area (Å²) in [6, 6.07) is -0.278. The molecule has 4 N–H and O–H groups in total.